The van der Waals surface area contributed by atoms with Crippen molar-refractivity contribution in [3.63, 3.8) is 0 Å². The molecule has 3 N–H and O–H groups in total. The zero-order valence-corrected chi connectivity index (χ0v) is 13.2. The van der Waals surface area contributed by atoms with E-state index in [2.05, 4.69) is 15.0 Å². The first kappa shape index (κ1) is 14.0. The number of anilines is 1. The van der Waals surface area contributed by atoms with E-state index in [-0.39, 0.29) is 11.5 Å². The molecule has 4 rings (SSSR count). The summed E-state index contributed by atoms with van der Waals surface area (Å²) in [5.41, 5.74) is 0.838. The van der Waals surface area contributed by atoms with E-state index in [9.17, 15) is 8.42 Å². The Hall–Kier alpha value is -1.67. The molecular weight excluding hydrogens is 302 g/mol. The molecule has 0 radical (unpaired) electrons. The summed E-state index contributed by atoms with van der Waals surface area (Å²) < 4.78 is 23.8. The van der Waals surface area contributed by atoms with Crippen LogP contribution in [-0.4, -0.2) is 41.7 Å². The number of primary sulfonamides is 1. The second kappa shape index (κ2) is 4.42. The van der Waals surface area contributed by atoms with Crippen molar-refractivity contribution in [1.29, 1.82) is 0 Å². The third-order valence-corrected chi connectivity index (χ3v) is 6.71. The van der Waals surface area contributed by atoms with E-state index < -0.39 is 15.3 Å². The van der Waals surface area contributed by atoms with E-state index in [1.165, 1.54) is 6.33 Å². The Morgan fingerprint density at radius 1 is 1.41 bits per heavy atom. The zero-order valence-electron chi connectivity index (χ0n) is 12.4. The minimum absolute atomic E-state index is 0.0828. The van der Waals surface area contributed by atoms with Crippen LogP contribution < -0.4 is 10.0 Å². The highest BCUT2D eigenvalue weighted by atomic mass is 32.2. The fourth-order valence-electron chi connectivity index (χ4n) is 4.23. The van der Waals surface area contributed by atoms with Crippen LogP contribution in [0.2, 0.25) is 0 Å². The highest BCUT2D eigenvalue weighted by Crippen LogP contribution is 2.59. The maximum Gasteiger partial charge on any atom is 0.214 e. The molecule has 2 aliphatic carbocycles. The van der Waals surface area contributed by atoms with Crippen molar-refractivity contribution in [1.82, 2.24) is 15.0 Å². The summed E-state index contributed by atoms with van der Waals surface area (Å²) in [5, 5.41) is 5.84. The van der Waals surface area contributed by atoms with E-state index in [4.69, 9.17) is 5.14 Å². The largest absolute Gasteiger partial charge is 0.354 e. The van der Waals surface area contributed by atoms with E-state index in [0.29, 0.717) is 6.42 Å². The lowest BCUT2D eigenvalue weighted by atomic mass is 9.52. The molecular formula is C14H19N5O2S. The second-order valence-electron chi connectivity index (χ2n) is 6.54. The molecule has 8 heteroatoms. The van der Waals surface area contributed by atoms with Gasteiger partial charge in [-0.25, -0.2) is 23.5 Å². The lowest BCUT2D eigenvalue weighted by Crippen LogP contribution is -2.69. The van der Waals surface area contributed by atoms with E-state index >= 15 is 0 Å². The van der Waals surface area contributed by atoms with E-state index in [1.54, 1.807) is 0 Å². The molecule has 2 aromatic rings. The Bertz CT molecular complexity index is 827. The third-order valence-electron chi connectivity index (χ3n) is 5.44. The number of rotatable bonds is 3. The molecule has 0 saturated heterocycles. The van der Waals surface area contributed by atoms with Crippen LogP contribution >= 0.6 is 0 Å². The summed E-state index contributed by atoms with van der Waals surface area (Å²) in [6.07, 6.45) is 7.27. The molecule has 1 spiro atoms. The van der Waals surface area contributed by atoms with Crippen molar-refractivity contribution in [2.75, 3.05) is 11.9 Å². The minimum Gasteiger partial charge on any atom is -0.354 e. The first-order valence-corrected chi connectivity index (χ1v) is 9.06. The Balaban J connectivity index is 1.76. The molecule has 2 aliphatic rings. The van der Waals surface area contributed by atoms with Gasteiger partial charge < -0.3 is 9.88 Å². The molecule has 2 fully saturated rings. The van der Waals surface area contributed by atoms with Crippen molar-refractivity contribution in [3.8, 4) is 0 Å². The molecule has 2 saturated carbocycles. The quantitative estimate of drug-likeness (QED) is 0.877. The molecule has 2 atom stereocenters. The Labute approximate surface area is 129 Å². The number of fused-ring (bicyclic) bond motifs is 1. The normalized spacial score (nSPS) is 26.6. The van der Waals surface area contributed by atoms with Crippen LogP contribution in [-0.2, 0) is 10.0 Å². The molecule has 0 aliphatic heterocycles. The summed E-state index contributed by atoms with van der Waals surface area (Å²) in [6, 6.07) is 1.81. The molecule has 2 unspecified atom stereocenters. The molecule has 2 aromatic heterocycles. The molecule has 118 valence electrons. The van der Waals surface area contributed by atoms with Gasteiger partial charge in [-0.2, -0.15) is 0 Å². The van der Waals surface area contributed by atoms with Crippen molar-refractivity contribution < 1.29 is 8.42 Å². The fourth-order valence-corrected chi connectivity index (χ4v) is 5.62. The Morgan fingerprint density at radius 3 is 2.82 bits per heavy atom. The maximum atomic E-state index is 11.9. The van der Waals surface area contributed by atoms with Crippen molar-refractivity contribution in [2.45, 2.75) is 37.0 Å². The number of sulfonamides is 1. The molecule has 7 nitrogen and oxygen atoms in total. The smallest absolute Gasteiger partial charge is 0.214 e. The van der Waals surface area contributed by atoms with E-state index in [1.807, 2.05) is 24.2 Å². The number of hydrogen-bond donors (Lipinski definition) is 2. The first-order valence-electron chi connectivity index (χ1n) is 7.45. The Kier molecular flexibility index (Phi) is 2.80. The van der Waals surface area contributed by atoms with Gasteiger partial charge in [-0.1, -0.05) is 6.42 Å². The molecule has 22 heavy (non-hydrogen) atoms. The number of nitrogens with two attached hydrogens (primary N) is 1. The maximum absolute atomic E-state index is 11.9. The number of aromatic amines is 1. The van der Waals surface area contributed by atoms with Gasteiger partial charge in [-0.05, 0) is 30.7 Å². The van der Waals surface area contributed by atoms with Crippen LogP contribution in [0.15, 0.2) is 18.6 Å². The second-order valence-corrected chi connectivity index (χ2v) is 8.32. The highest BCUT2D eigenvalue weighted by Gasteiger charge is 2.62. The van der Waals surface area contributed by atoms with Crippen molar-refractivity contribution >= 4 is 26.9 Å². The van der Waals surface area contributed by atoms with Gasteiger partial charge in [0.25, 0.3) is 0 Å². The van der Waals surface area contributed by atoms with Gasteiger partial charge >= 0.3 is 0 Å². The predicted molar refractivity (Wildman–Crippen MR) is 83.9 cm³/mol. The van der Waals surface area contributed by atoms with Crippen LogP contribution in [0.1, 0.15) is 25.7 Å². The van der Waals surface area contributed by atoms with Crippen LogP contribution in [0.4, 0.5) is 5.82 Å². The highest BCUT2D eigenvalue weighted by molar-refractivity contribution is 7.89. The summed E-state index contributed by atoms with van der Waals surface area (Å²) >= 11 is 0. The van der Waals surface area contributed by atoms with Gasteiger partial charge in [0.1, 0.15) is 17.8 Å². The van der Waals surface area contributed by atoms with Gasteiger partial charge in [-0.15, -0.1) is 0 Å². The summed E-state index contributed by atoms with van der Waals surface area (Å²) in [5.74, 6) is 0.760. The molecule has 0 amide bonds. The minimum atomic E-state index is -3.55. The topological polar surface area (TPSA) is 105 Å². The lowest BCUT2D eigenvalue weighted by Gasteiger charge is -2.62. The molecule has 0 bridgehead atoms. The third kappa shape index (κ3) is 1.80. The van der Waals surface area contributed by atoms with Gasteiger partial charge in [0, 0.05) is 13.2 Å². The van der Waals surface area contributed by atoms with Crippen LogP contribution in [0, 0.1) is 5.41 Å². The van der Waals surface area contributed by atoms with Gasteiger partial charge in [0.2, 0.25) is 10.0 Å². The molecule has 2 heterocycles. The van der Waals surface area contributed by atoms with Crippen LogP contribution in [0.25, 0.3) is 11.0 Å². The lowest BCUT2D eigenvalue weighted by molar-refractivity contribution is 0.00413. The number of aromatic nitrogens is 3. The number of nitrogens with zero attached hydrogens (tertiary/aromatic N) is 3. The standard InChI is InChI=1S/C14H19N5O2S/c1-19(13-9-3-6-16-12(9)17-8-18-13)11-10(22(15,20)21)7-14(11)4-2-5-14/h3,6,8,10-11H,2,4-5,7H2,1H3,(H2,15,20,21)(H,16,17,18). The summed E-state index contributed by atoms with van der Waals surface area (Å²) in [4.78, 5) is 13.6. The average Bonchev–Trinajstić information content (AvgIpc) is 2.81. The number of H-pyrrole nitrogens is 1. The van der Waals surface area contributed by atoms with E-state index in [0.717, 1.165) is 36.1 Å². The summed E-state index contributed by atoms with van der Waals surface area (Å²) in [6.45, 7) is 0. The van der Waals surface area contributed by atoms with Crippen LogP contribution in [0.3, 0.4) is 0 Å². The monoisotopic (exact) mass is 321 g/mol. The number of hydrogen-bond acceptors (Lipinski definition) is 5. The van der Waals surface area contributed by atoms with Crippen molar-refractivity contribution in [3.05, 3.63) is 18.6 Å². The van der Waals surface area contributed by atoms with Gasteiger partial charge in [0.05, 0.1) is 16.7 Å². The molecule has 0 aromatic carbocycles. The average molecular weight is 321 g/mol. The van der Waals surface area contributed by atoms with Gasteiger partial charge in [-0.3, -0.25) is 0 Å². The van der Waals surface area contributed by atoms with Crippen molar-refractivity contribution in [2.24, 2.45) is 10.6 Å². The van der Waals surface area contributed by atoms with Crippen LogP contribution in [0.5, 0.6) is 0 Å². The number of nitrogens with one attached hydrogen (secondary N) is 1. The Morgan fingerprint density at radius 2 is 2.18 bits per heavy atom. The fraction of sp³-hybridized carbons (Fsp3) is 0.571. The zero-order chi connectivity index (χ0) is 15.5. The SMILES string of the molecule is CN(c1ncnc2[nH]ccc12)C1C(S(N)(=O)=O)CC12CCC2. The predicted octanol–water partition coefficient (Wildman–Crippen LogP) is 0.994. The summed E-state index contributed by atoms with van der Waals surface area (Å²) in [7, 11) is -1.63. The first-order chi connectivity index (χ1) is 10.4. The van der Waals surface area contributed by atoms with Gasteiger partial charge in [0.15, 0.2) is 0 Å².